The Morgan fingerprint density at radius 2 is 1.81 bits per heavy atom. The quantitative estimate of drug-likeness (QED) is 0.168. The van der Waals surface area contributed by atoms with Gasteiger partial charge >= 0.3 is 0 Å². The minimum absolute atomic E-state index is 0.00868. The first kappa shape index (κ1) is 26.7. The molecule has 8 nitrogen and oxygen atoms in total. The molecule has 12 heteroatoms. The van der Waals surface area contributed by atoms with Crippen LogP contribution >= 0.6 is 34.8 Å². The molecule has 1 N–H and O–H groups in total. The van der Waals surface area contributed by atoms with Crippen molar-refractivity contribution in [1.29, 1.82) is 0 Å². The average Bonchev–Trinajstić information content (AvgIpc) is 2.89. The molecule has 0 radical (unpaired) electrons. The second-order valence-corrected chi connectivity index (χ2v) is 10.6. The topological polar surface area (TPSA) is 101 Å². The van der Waals surface area contributed by atoms with E-state index in [1.165, 1.54) is 36.5 Å². The lowest BCUT2D eigenvalue weighted by Gasteiger charge is -2.24. The van der Waals surface area contributed by atoms with Crippen molar-refractivity contribution in [2.75, 3.05) is 18.0 Å². The maximum absolute atomic E-state index is 13.4. The number of anilines is 1. The van der Waals surface area contributed by atoms with Crippen LogP contribution in [0, 0.1) is 0 Å². The molecule has 0 aliphatic carbocycles. The minimum Gasteiger partial charge on any atom is -0.497 e. The van der Waals surface area contributed by atoms with Crippen LogP contribution < -0.4 is 14.5 Å². The monoisotopic (exact) mass is 576 g/mol. The summed E-state index contributed by atoms with van der Waals surface area (Å²) in [4.78, 5) is 17.1. The van der Waals surface area contributed by atoms with E-state index in [4.69, 9.17) is 39.5 Å². The molecule has 4 rings (SSSR count). The molecule has 0 saturated carbocycles. The Morgan fingerprint density at radius 1 is 1.05 bits per heavy atom. The Kier molecular flexibility index (Phi) is 8.19. The predicted octanol–water partition coefficient (Wildman–Crippen LogP) is 5.55. The Balaban J connectivity index is 1.58. The zero-order valence-electron chi connectivity index (χ0n) is 19.2. The number of methoxy groups -OCH3 is 1. The largest absolute Gasteiger partial charge is 0.497 e. The fourth-order valence-corrected chi connectivity index (χ4v) is 5.50. The fourth-order valence-electron chi connectivity index (χ4n) is 3.40. The number of ether oxygens (including phenoxy) is 1. The van der Waals surface area contributed by atoms with Gasteiger partial charge in [-0.3, -0.25) is 9.10 Å². The third-order valence-electron chi connectivity index (χ3n) is 5.22. The molecule has 0 fully saturated rings. The number of hydrogen-bond donors (Lipinski definition) is 1. The van der Waals surface area contributed by atoms with Crippen LogP contribution in [0.1, 0.15) is 5.56 Å². The van der Waals surface area contributed by atoms with Crippen molar-refractivity contribution >= 4 is 73.5 Å². The summed E-state index contributed by atoms with van der Waals surface area (Å²) in [7, 11) is -2.61. The van der Waals surface area contributed by atoms with Crippen LogP contribution in [0.25, 0.3) is 10.9 Å². The van der Waals surface area contributed by atoms with Crippen LogP contribution in [0.2, 0.25) is 15.2 Å². The number of nitrogens with one attached hydrogen (secondary N) is 1. The SMILES string of the molecule is COc1ccc2cc(/C=N\NC(=O)CN(c3cccc(Cl)c3Cl)S(=O)(=O)c3ccccc3)c(Cl)nc2c1. The lowest BCUT2D eigenvalue weighted by atomic mass is 10.1. The number of pyridine rings is 1. The van der Waals surface area contributed by atoms with Gasteiger partial charge in [0.05, 0.1) is 39.5 Å². The maximum Gasteiger partial charge on any atom is 0.264 e. The second-order valence-electron chi connectivity index (χ2n) is 7.62. The van der Waals surface area contributed by atoms with Gasteiger partial charge in [-0.05, 0) is 42.5 Å². The first-order chi connectivity index (χ1) is 17.7. The molecule has 0 aliphatic heterocycles. The van der Waals surface area contributed by atoms with E-state index in [2.05, 4.69) is 15.5 Å². The summed E-state index contributed by atoms with van der Waals surface area (Å²) in [6.45, 7) is -0.613. The molecule has 1 amide bonds. The highest BCUT2D eigenvalue weighted by molar-refractivity contribution is 7.92. The number of sulfonamides is 1. The second kappa shape index (κ2) is 11.4. The first-order valence-corrected chi connectivity index (χ1v) is 13.3. The third kappa shape index (κ3) is 5.97. The van der Waals surface area contributed by atoms with Gasteiger partial charge in [0, 0.05) is 17.0 Å². The smallest absolute Gasteiger partial charge is 0.264 e. The summed E-state index contributed by atoms with van der Waals surface area (Å²) in [5.41, 5.74) is 3.46. The number of rotatable bonds is 8. The number of amides is 1. The van der Waals surface area contributed by atoms with Gasteiger partial charge in [0.25, 0.3) is 15.9 Å². The van der Waals surface area contributed by atoms with Crippen LogP contribution in [-0.2, 0) is 14.8 Å². The highest BCUT2D eigenvalue weighted by Crippen LogP contribution is 2.35. The van der Waals surface area contributed by atoms with E-state index in [1.54, 1.807) is 43.5 Å². The van der Waals surface area contributed by atoms with Gasteiger partial charge in [-0.25, -0.2) is 18.8 Å². The van der Waals surface area contributed by atoms with Gasteiger partial charge in [0.2, 0.25) is 0 Å². The van der Waals surface area contributed by atoms with E-state index >= 15 is 0 Å². The standard InChI is InChI=1S/C25H19Cl3N4O4S/c1-36-18-11-10-16-12-17(25(28)30-21(16)13-18)14-29-31-23(33)15-32(22-9-5-8-20(26)24(22)27)37(34,35)19-6-3-2-4-7-19/h2-14H,15H2,1H3,(H,31,33)/b29-14-. The molecular weight excluding hydrogens is 559 g/mol. The Labute approximate surface area is 228 Å². The zero-order chi connectivity index (χ0) is 26.6. The summed E-state index contributed by atoms with van der Waals surface area (Å²) >= 11 is 18.7. The third-order valence-corrected chi connectivity index (χ3v) is 8.10. The van der Waals surface area contributed by atoms with Gasteiger partial charge in [-0.1, -0.05) is 59.1 Å². The number of hydrazone groups is 1. The number of fused-ring (bicyclic) bond motifs is 1. The molecule has 0 spiro atoms. The number of aromatic nitrogens is 1. The lowest BCUT2D eigenvalue weighted by Crippen LogP contribution is -2.39. The van der Waals surface area contributed by atoms with Crippen LogP contribution in [0.3, 0.4) is 0 Å². The van der Waals surface area contributed by atoms with Crippen molar-refractivity contribution < 1.29 is 17.9 Å². The number of carbonyl (C=O) groups is 1. The van der Waals surface area contributed by atoms with E-state index in [-0.39, 0.29) is 25.8 Å². The highest BCUT2D eigenvalue weighted by atomic mass is 35.5. The summed E-state index contributed by atoms with van der Waals surface area (Å²) in [6, 6.07) is 19.3. The molecule has 1 aromatic heterocycles. The number of hydrogen-bond acceptors (Lipinski definition) is 6. The van der Waals surface area contributed by atoms with E-state index in [0.717, 1.165) is 9.69 Å². The van der Waals surface area contributed by atoms with Crippen molar-refractivity contribution in [2.45, 2.75) is 4.90 Å². The van der Waals surface area contributed by atoms with Gasteiger partial charge in [-0.2, -0.15) is 5.10 Å². The minimum atomic E-state index is -4.17. The van der Waals surface area contributed by atoms with Gasteiger partial charge in [0.15, 0.2) is 0 Å². The molecule has 0 atom stereocenters. The molecule has 190 valence electrons. The van der Waals surface area contributed by atoms with Gasteiger partial charge in [0.1, 0.15) is 17.4 Å². The van der Waals surface area contributed by atoms with Gasteiger partial charge in [-0.15, -0.1) is 0 Å². The molecule has 0 aliphatic rings. The Hall–Kier alpha value is -3.37. The van der Waals surface area contributed by atoms with Crippen molar-refractivity contribution in [3.63, 3.8) is 0 Å². The highest BCUT2D eigenvalue weighted by Gasteiger charge is 2.29. The van der Waals surface area contributed by atoms with E-state index in [0.29, 0.717) is 16.8 Å². The summed E-state index contributed by atoms with van der Waals surface area (Å²) in [5.74, 6) is -0.0824. The van der Waals surface area contributed by atoms with Crippen LogP contribution in [0.4, 0.5) is 5.69 Å². The van der Waals surface area contributed by atoms with Crippen LogP contribution in [0.5, 0.6) is 5.75 Å². The van der Waals surface area contributed by atoms with Gasteiger partial charge < -0.3 is 4.74 Å². The zero-order valence-corrected chi connectivity index (χ0v) is 22.3. The van der Waals surface area contributed by atoms with E-state index in [9.17, 15) is 13.2 Å². The van der Waals surface area contributed by atoms with Crippen LogP contribution in [0.15, 0.2) is 82.8 Å². The van der Waals surface area contributed by atoms with E-state index in [1.807, 2.05) is 6.07 Å². The molecule has 0 saturated heterocycles. The molecule has 1 heterocycles. The number of halogens is 3. The summed E-state index contributed by atoms with van der Waals surface area (Å²) in [5, 5.41) is 5.01. The number of nitrogens with zero attached hydrogens (tertiary/aromatic N) is 3. The van der Waals surface area contributed by atoms with Crippen molar-refractivity contribution in [3.05, 3.63) is 93.6 Å². The fraction of sp³-hybridized carbons (Fsp3) is 0.0800. The van der Waals surface area contributed by atoms with E-state index < -0.39 is 22.5 Å². The predicted molar refractivity (Wildman–Crippen MR) is 146 cm³/mol. The Morgan fingerprint density at radius 3 is 2.54 bits per heavy atom. The van der Waals surface area contributed by atoms with Crippen molar-refractivity contribution in [3.8, 4) is 5.75 Å². The summed E-state index contributed by atoms with van der Waals surface area (Å²) < 4.78 is 32.9. The molecule has 3 aromatic carbocycles. The molecular formula is C25H19Cl3N4O4S. The molecule has 4 aromatic rings. The molecule has 0 unspecified atom stereocenters. The number of carbonyl (C=O) groups excluding carboxylic acids is 1. The summed E-state index contributed by atoms with van der Waals surface area (Å²) in [6.07, 6.45) is 1.32. The first-order valence-electron chi connectivity index (χ1n) is 10.7. The number of benzene rings is 3. The maximum atomic E-state index is 13.4. The molecule has 0 bridgehead atoms. The van der Waals surface area contributed by atoms with Crippen molar-refractivity contribution in [2.24, 2.45) is 5.10 Å². The normalized spacial score (nSPS) is 11.6. The van der Waals surface area contributed by atoms with Crippen molar-refractivity contribution in [1.82, 2.24) is 10.4 Å². The Bertz CT molecular complexity index is 1600. The average molecular weight is 578 g/mol. The molecule has 37 heavy (non-hydrogen) atoms. The van der Waals surface area contributed by atoms with Crippen LogP contribution in [-0.4, -0.2) is 39.2 Å². The lowest BCUT2D eigenvalue weighted by molar-refractivity contribution is -0.119.